The van der Waals surface area contributed by atoms with E-state index < -0.39 is 0 Å². The number of nitrogens with one attached hydrogen (secondary N) is 1. The fraction of sp³-hybridized carbons (Fsp3) is 0.174. The van der Waals surface area contributed by atoms with Crippen molar-refractivity contribution < 1.29 is 9.53 Å². The number of hydrogen-bond acceptors (Lipinski definition) is 3. The van der Waals surface area contributed by atoms with E-state index in [9.17, 15) is 4.79 Å². The van der Waals surface area contributed by atoms with Gasteiger partial charge in [0, 0.05) is 24.2 Å². The summed E-state index contributed by atoms with van der Waals surface area (Å²) in [6.07, 6.45) is 2.07. The van der Waals surface area contributed by atoms with Gasteiger partial charge in [-0.05, 0) is 52.4 Å². The zero-order valence-corrected chi connectivity index (χ0v) is 14.8. The van der Waals surface area contributed by atoms with Crippen LogP contribution in [-0.2, 0) is 22.4 Å². The van der Waals surface area contributed by atoms with E-state index in [2.05, 4.69) is 72.0 Å². The van der Waals surface area contributed by atoms with Gasteiger partial charge in [0.15, 0.2) is 0 Å². The van der Waals surface area contributed by atoms with Gasteiger partial charge < -0.3 is 10.1 Å². The largest absolute Gasteiger partial charge is 0.469 e. The Bertz CT molecular complexity index is 945. The minimum atomic E-state index is -0.174. The lowest BCUT2D eigenvalue weighted by Gasteiger charge is -2.12. The third kappa shape index (κ3) is 3.21. The number of carbonyl (C=O) groups excluding carboxylic acids is 1. The highest BCUT2D eigenvalue weighted by molar-refractivity contribution is 5.83. The minimum absolute atomic E-state index is 0.174. The summed E-state index contributed by atoms with van der Waals surface area (Å²) in [5.41, 5.74) is 8.73. The first-order valence-corrected chi connectivity index (χ1v) is 8.87. The molecule has 3 aromatic carbocycles. The first-order valence-electron chi connectivity index (χ1n) is 8.87. The van der Waals surface area contributed by atoms with Crippen molar-refractivity contribution in [2.24, 2.45) is 0 Å². The van der Waals surface area contributed by atoms with Crippen molar-refractivity contribution in [3.8, 4) is 11.1 Å². The molecule has 0 unspecified atom stereocenters. The average Bonchev–Trinajstić information content (AvgIpc) is 3.07. The maximum Gasteiger partial charge on any atom is 0.305 e. The molecule has 0 atom stereocenters. The van der Waals surface area contributed by atoms with Crippen LogP contribution in [0.2, 0.25) is 0 Å². The van der Waals surface area contributed by atoms with Gasteiger partial charge in [0.05, 0.1) is 7.11 Å². The molecular formula is C23H21NO2. The van der Waals surface area contributed by atoms with Gasteiger partial charge in [-0.15, -0.1) is 0 Å². The number of fused-ring (bicyclic) bond motifs is 3. The van der Waals surface area contributed by atoms with Crippen LogP contribution in [0.5, 0.6) is 0 Å². The maximum atomic E-state index is 11.3. The monoisotopic (exact) mass is 343 g/mol. The molecule has 0 aromatic heterocycles. The fourth-order valence-electron chi connectivity index (χ4n) is 3.53. The summed E-state index contributed by atoms with van der Waals surface area (Å²) >= 11 is 0. The van der Waals surface area contributed by atoms with E-state index in [1.165, 1.54) is 29.4 Å². The molecule has 0 amide bonds. The molecule has 3 nitrogen and oxygen atoms in total. The number of methoxy groups -OCH3 is 1. The highest BCUT2D eigenvalue weighted by Crippen LogP contribution is 2.40. The topological polar surface area (TPSA) is 38.3 Å². The Morgan fingerprint density at radius 3 is 2.54 bits per heavy atom. The molecule has 1 aliphatic carbocycles. The number of carbonyl (C=O) groups is 1. The van der Waals surface area contributed by atoms with Crippen LogP contribution in [0.4, 0.5) is 11.4 Å². The van der Waals surface area contributed by atoms with Crippen LogP contribution >= 0.6 is 0 Å². The van der Waals surface area contributed by atoms with Gasteiger partial charge in [-0.1, -0.05) is 48.5 Å². The molecule has 1 aliphatic rings. The van der Waals surface area contributed by atoms with Crippen molar-refractivity contribution in [3.05, 3.63) is 83.4 Å². The fourth-order valence-corrected chi connectivity index (χ4v) is 3.53. The number of rotatable bonds is 5. The molecule has 0 spiro atoms. The zero-order chi connectivity index (χ0) is 17.9. The molecule has 0 saturated carbocycles. The SMILES string of the molecule is COC(=O)CCc1ccc(Nc2cccc3c2Cc2ccccc2-3)cc1. The Balaban J connectivity index is 1.51. The van der Waals surface area contributed by atoms with Gasteiger partial charge >= 0.3 is 5.97 Å². The molecular weight excluding hydrogens is 322 g/mol. The number of ether oxygens (including phenoxy) is 1. The molecule has 130 valence electrons. The van der Waals surface area contributed by atoms with Gasteiger partial charge in [0.1, 0.15) is 0 Å². The summed E-state index contributed by atoms with van der Waals surface area (Å²) in [7, 11) is 1.42. The van der Waals surface area contributed by atoms with Crippen LogP contribution in [0.25, 0.3) is 11.1 Å². The Labute approximate surface area is 153 Å². The quantitative estimate of drug-likeness (QED) is 0.512. The summed E-state index contributed by atoms with van der Waals surface area (Å²) in [6.45, 7) is 0. The normalized spacial score (nSPS) is 11.6. The lowest BCUT2D eigenvalue weighted by molar-refractivity contribution is -0.140. The molecule has 1 N–H and O–H groups in total. The van der Waals surface area contributed by atoms with E-state index in [1.807, 2.05) is 0 Å². The van der Waals surface area contributed by atoms with Crippen LogP contribution in [0, 0.1) is 0 Å². The van der Waals surface area contributed by atoms with Gasteiger partial charge in [0.25, 0.3) is 0 Å². The van der Waals surface area contributed by atoms with Crippen molar-refractivity contribution in [2.75, 3.05) is 12.4 Å². The van der Waals surface area contributed by atoms with Crippen molar-refractivity contribution in [1.82, 2.24) is 0 Å². The molecule has 3 aromatic rings. The Morgan fingerprint density at radius 2 is 1.73 bits per heavy atom. The van der Waals surface area contributed by atoms with E-state index >= 15 is 0 Å². The molecule has 0 heterocycles. The lowest BCUT2D eigenvalue weighted by atomic mass is 10.0. The molecule has 3 heteroatoms. The molecule has 0 saturated heterocycles. The predicted molar refractivity (Wildman–Crippen MR) is 105 cm³/mol. The second-order valence-electron chi connectivity index (χ2n) is 6.56. The van der Waals surface area contributed by atoms with E-state index in [1.54, 1.807) is 0 Å². The highest BCUT2D eigenvalue weighted by atomic mass is 16.5. The van der Waals surface area contributed by atoms with Gasteiger partial charge in [0.2, 0.25) is 0 Å². The summed E-state index contributed by atoms with van der Waals surface area (Å²) in [4.78, 5) is 11.3. The van der Waals surface area contributed by atoms with Crippen LogP contribution in [0.15, 0.2) is 66.7 Å². The Morgan fingerprint density at radius 1 is 0.962 bits per heavy atom. The first-order chi connectivity index (χ1) is 12.7. The number of benzene rings is 3. The predicted octanol–water partition coefficient (Wildman–Crippen LogP) is 5.11. The van der Waals surface area contributed by atoms with Crippen molar-refractivity contribution in [3.63, 3.8) is 0 Å². The summed E-state index contributed by atoms with van der Waals surface area (Å²) in [5.74, 6) is -0.174. The molecule has 4 rings (SSSR count). The van der Waals surface area contributed by atoms with Crippen molar-refractivity contribution in [2.45, 2.75) is 19.3 Å². The van der Waals surface area contributed by atoms with Crippen LogP contribution in [0.3, 0.4) is 0 Å². The maximum absolute atomic E-state index is 11.3. The lowest BCUT2D eigenvalue weighted by Crippen LogP contribution is -2.02. The van der Waals surface area contributed by atoms with Crippen LogP contribution in [0.1, 0.15) is 23.1 Å². The number of hydrogen-bond donors (Lipinski definition) is 1. The molecule has 0 bridgehead atoms. The summed E-state index contributed by atoms with van der Waals surface area (Å²) < 4.78 is 4.69. The van der Waals surface area contributed by atoms with Crippen molar-refractivity contribution >= 4 is 17.3 Å². The number of aryl methyl sites for hydroxylation is 1. The van der Waals surface area contributed by atoms with E-state index in [4.69, 9.17) is 4.74 Å². The molecule has 0 fully saturated rings. The van der Waals surface area contributed by atoms with E-state index in [0.29, 0.717) is 12.8 Å². The zero-order valence-electron chi connectivity index (χ0n) is 14.8. The van der Waals surface area contributed by atoms with Gasteiger partial charge in [-0.2, -0.15) is 0 Å². The van der Waals surface area contributed by atoms with E-state index in [0.717, 1.165) is 23.4 Å². The third-order valence-corrected chi connectivity index (χ3v) is 4.93. The Kier molecular flexibility index (Phi) is 4.44. The average molecular weight is 343 g/mol. The smallest absolute Gasteiger partial charge is 0.305 e. The molecule has 26 heavy (non-hydrogen) atoms. The first kappa shape index (κ1) is 16.4. The summed E-state index contributed by atoms with van der Waals surface area (Å²) in [5, 5.41) is 3.55. The second kappa shape index (κ2) is 7.04. The number of esters is 1. The third-order valence-electron chi connectivity index (χ3n) is 4.93. The Hall–Kier alpha value is -3.07. The van der Waals surface area contributed by atoms with Gasteiger partial charge in [-0.3, -0.25) is 4.79 Å². The minimum Gasteiger partial charge on any atom is -0.469 e. The second-order valence-corrected chi connectivity index (χ2v) is 6.56. The number of anilines is 2. The van der Waals surface area contributed by atoms with Crippen LogP contribution < -0.4 is 5.32 Å². The standard InChI is InChI=1S/C23H21NO2/c1-26-23(25)14-11-16-9-12-18(13-10-16)24-22-8-4-7-20-19-6-3-2-5-17(19)15-21(20)22/h2-10,12-13,24H,11,14-15H2,1H3. The summed E-state index contributed by atoms with van der Waals surface area (Å²) in [6, 6.07) is 23.3. The van der Waals surface area contributed by atoms with E-state index in [-0.39, 0.29) is 5.97 Å². The van der Waals surface area contributed by atoms with Gasteiger partial charge in [-0.25, -0.2) is 0 Å². The highest BCUT2D eigenvalue weighted by Gasteiger charge is 2.20. The molecule has 0 radical (unpaired) electrons. The van der Waals surface area contributed by atoms with Crippen molar-refractivity contribution in [1.29, 1.82) is 0 Å². The molecule has 0 aliphatic heterocycles. The van der Waals surface area contributed by atoms with Crippen LogP contribution in [-0.4, -0.2) is 13.1 Å².